The van der Waals surface area contributed by atoms with E-state index in [2.05, 4.69) is 17.6 Å². The molecule has 0 aliphatic rings. The molecule has 0 bridgehead atoms. The predicted molar refractivity (Wildman–Crippen MR) is 155 cm³/mol. The standard InChI is InChI=1S/C31H45N3O5/c1-7-8-9-10-11-12-21-34(27(35)22-32-30(37)39-31(3,4)5)28(24-15-13-23(2)14-16-24)29(36)33-25-17-19-26(38-6)20-18-25/h13-20,28H,7-12,21-22H2,1-6H3,(H,32,37)(H,33,36). The maximum absolute atomic E-state index is 13.7. The topological polar surface area (TPSA) is 97.0 Å². The Kier molecular flexibility index (Phi) is 12.8. The normalized spacial score (nSPS) is 11.8. The molecule has 214 valence electrons. The number of anilines is 1. The molecule has 8 nitrogen and oxygen atoms in total. The molecule has 3 amide bonds. The van der Waals surface area contributed by atoms with Crippen molar-refractivity contribution in [2.75, 3.05) is 25.5 Å². The van der Waals surface area contributed by atoms with Gasteiger partial charge >= 0.3 is 6.09 Å². The second kappa shape index (κ2) is 15.8. The number of unbranched alkanes of at least 4 members (excludes halogenated alkanes) is 5. The van der Waals surface area contributed by atoms with Crippen molar-refractivity contribution in [1.82, 2.24) is 10.2 Å². The minimum atomic E-state index is -0.878. The Morgan fingerprint density at radius 3 is 2.10 bits per heavy atom. The fourth-order valence-corrected chi connectivity index (χ4v) is 4.13. The highest BCUT2D eigenvalue weighted by Crippen LogP contribution is 2.26. The van der Waals surface area contributed by atoms with Crippen LogP contribution in [0.25, 0.3) is 0 Å². The van der Waals surface area contributed by atoms with Crippen molar-refractivity contribution in [2.24, 2.45) is 0 Å². The number of nitrogens with one attached hydrogen (secondary N) is 2. The molecule has 8 heteroatoms. The number of hydrogen-bond donors (Lipinski definition) is 2. The third-order valence-electron chi connectivity index (χ3n) is 6.17. The minimum Gasteiger partial charge on any atom is -0.497 e. The monoisotopic (exact) mass is 539 g/mol. The Bertz CT molecular complexity index is 1050. The summed E-state index contributed by atoms with van der Waals surface area (Å²) in [5.74, 6) is -0.0123. The second-order valence-electron chi connectivity index (χ2n) is 10.7. The van der Waals surface area contributed by atoms with Crippen LogP contribution in [0.5, 0.6) is 5.75 Å². The first kappa shape index (κ1) is 31.7. The number of nitrogens with zero attached hydrogens (tertiary/aromatic N) is 1. The number of amides is 3. The van der Waals surface area contributed by atoms with Crippen molar-refractivity contribution in [3.63, 3.8) is 0 Å². The van der Waals surface area contributed by atoms with Crippen LogP contribution in [-0.4, -0.2) is 48.6 Å². The third-order valence-corrected chi connectivity index (χ3v) is 6.17. The highest BCUT2D eigenvalue weighted by molar-refractivity contribution is 5.98. The Labute approximate surface area is 233 Å². The molecule has 0 aliphatic carbocycles. The Morgan fingerprint density at radius 2 is 1.51 bits per heavy atom. The number of aryl methyl sites for hydroxylation is 1. The molecule has 0 spiro atoms. The molecule has 2 N–H and O–H groups in total. The first-order chi connectivity index (χ1) is 18.5. The van der Waals surface area contributed by atoms with Crippen molar-refractivity contribution >= 4 is 23.6 Å². The molecule has 0 fully saturated rings. The molecular formula is C31H45N3O5. The summed E-state index contributed by atoms with van der Waals surface area (Å²) in [6.45, 7) is 9.53. The molecule has 0 saturated heterocycles. The fourth-order valence-electron chi connectivity index (χ4n) is 4.13. The number of alkyl carbamates (subject to hydrolysis) is 1. The number of rotatable bonds is 14. The molecular weight excluding hydrogens is 494 g/mol. The van der Waals surface area contributed by atoms with Crippen LogP contribution in [0.2, 0.25) is 0 Å². The Balaban J connectivity index is 2.31. The summed E-state index contributed by atoms with van der Waals surface area (Å²) < 4.78 is 10.5. The van der Waals surface area contributed by atoms with Gasteiger partial charge in [0.25, 0.3) is 5.91 Å². The maximum Gasteiger partial charge on any atom is 0.408 e. The molecule has 1 unspecified atom stereocenters. The van der Waals surface area contributed by atoms with Gasteiger partial charge in [-0.05, 0) is 63.9 Å². The zero-order valence-corrected chi connectivity index (χ0v) is 24.3. The first-order valence-corrected chi connectivity index (χ1v) is 13.8. The minimum absolute atomic E-state index is 0.275. The molecule has 0 heterocycles. The average Bonchev–Trinajstić information content (AvgIpc) is 2.89. The summed E-state index contributed by atoms with van der Waals surface area (Å²) >= 11 is 0. The maximum atomic E-state index is 13.7. The lowest BCUT2D eigenvalue weighted by molar-refractivity contribution is -0.138. The van der Waals surface area contributed by atoms with Gasteiger partial charge in [-0.15, -0.1) is 0 Å². The van der Waals surface area contributed by atoms with Gasteiger partial charge in [-0.3, -0.25) is 9.59 Å². The van der Waals surface area contributed by atoms with E-state index in [9.17, 15) is 14.4 Å². The van der Waals surface area contributed by atoms with E-state index in [1.165, 1.54) is 6.42 Å². The Hall–Kier alpha value is -3.55. The van der Waals surface area contributed by atoms with E-state index < -0.39 is 17.7 Å². The van der Waals surface area contributed by atoms with Crippen LogP contribution in [-0.2, 0) is 14.3 Å². The van der Waals surface area contributed by atoms with Crippen molar-refractivity contribution in [2.45, 2.75) is 84.8 Å². The summed E-state index contributed by atoms with van der Waals surface area (Å²) in [4.78, 5) is 41.1. The van der Waals surface area contributed by atoms with Crippen LogP contribution in [0.3, 0.4) is 0 Å². The molecule has 0 aromatic heterocycles. The lowest BCUT2D eigenvalue weighted by Crippen LogP contribution is -2.47. The van der Waals surface area contributed by atoms with E-state index in [1.807, 2.05) is 31.2 Å². The van der Waals surface area contributed by atoms with Crippen molar-refractivity contribution in [3.8, 4) is 5.75 Å². The van der Waals surface area contributed by atoms with Crippen molar-refractivity contribution in [1.29, 1.82) is 0 Å². The van der Waals surface area contributed by atoms with Gasteiger partial charge in [-0.2, -0.15) is 0 Å². The van der Waals surface area contributed by atoms with Gasteiger partial charge in [0.05, 0.1) is 7.11 Å². The first-order valence-electron chi connectivity index (χ1n) is 13.8. The third kappa shape index (κ3) is 11.4. The number of hydrogen-bond acceptors (Lipinski definition) is 5. The van der Waals surface area contributed by atoms with Crippen LogP contribution in [0.1, 0.15) is 83.4 Å². The number of carbonyl (C=O) groups is 3. The number of methoxy groups -OCH3 is 1. The van der Waals surface area contributed by atoms with Crippen LogP contribution in [0, 0.1) is 6.92 Å². The quantitative estimate of drug-likeness (QED) is 0.271. The predicted octanol–water partition coefficient (Wildman–Crippen LogP) is 6.40. The van der Waals surface area contributed by atoms with E-state index in [1.54, 1.807) is 57.0 Å². The molecule has 1 atom stereocenters. The van der Waals surface area contributed by atoms with Crippen LogP contribution in [0.4, 0.5) is 10.5 Å². The number of carbonyl (C=O) groups excluding carboxylic acids is 3. The smallest absolute Gasteiger partial charge is 0.408 e. The summed E-state index contributed by atoms with van der Waals surface area (Å²) in [6, 6.07) is 13.8. The highest BCUT2D eigenvalue weighted by atomic mass is 16.6. The Morgan fingerprint density at radius 1 is 0.897 bits per heavy atom. The lowest BCUT2D eigenvalue weighted by atomic mass is 10.0. The molecule has 2 aromatic carbocycles. The molecule has 2 aromatic rings. The molecule has 0 saturated carbocycles. The van der Waals surface area contributed by atoms with E-state index >= 15 is 0 Å². The second-order valence-corrected chi connectivity index (χ2v) is 10.7. The van der Waals surface area contributed by atoms with Gasteiger partial charge in [-0.1, -0.05) is 68.9 Å². The van der Waals surface area contributed by atoms with E-state index in [4.69, 9.17) is 9.47 Å². The fraction of sp³-hybridized carbons (Fsp3) is 0.516. The van der Waals surface area contributed by atoms with Gasteiger partial charge in [0.1, 0.15) is 23.9 Å². The van der Waals surface area contributed by atoms with Gasteiger partial charge in [-0.25, -0.2) is 4.79 Å². The summed E-state index contributed by atoms with van der Waals surface area (Å²) in [5.41, 5.74) is 1.65. The highest BCUT2D eigenvalue weighted by Gasteiger charge is 2.31. The molecule has 0 radical (unpaired) electrons. The van der Waals surface area contributed by atoms with E-state index in [0.717, 1.165) is 37.7 Å². The largest absolute Gasteiger partial charge is 0.497 e. The summed E-state index contributed by atoms with van der Waals surface area (Å²) in [7, 11) is 1.58. The molecule has 39 heavy (non-hydrogen) atoms. The number of benzene rings is 2. The van der Waals surface area contributed by atoms with Crippen LogP contribution in [0.15, 0.2) is 48.5 Å². The van der Waals surface area contributed by atoms with Gasteiger partial charge < -0.3 is 25.0 Å². The SMILES string of the molecule is CCCCCCCCN(C(=O)CNC(=O)OC(C)(C)C)C(C(=O)Nc1ccc(OC)cc1)c1ccc(C)cc1. The molecule has 0 aliphatic heterocycles. The van der Waals surface area contributed by atoms with Gasteiger partial charge in [0.2, 0.25) is 5.91 Å². The summed E-state index contributed by atoms with van der Waals surface area (Å²) in [6.07, 6.45) is 5.57. The summed E-state index contributed by atoms with van der Waals surface area (Å²) in [5, 5.41) is 5.51. The van der Waals surface area contributed by atoms with E-state index in [-0.39, 0.29) is 18.4 Å². The van der Waals surface area contributed by atoms with Gasteiger partial charge in [0, 0.05) is 12.2 Å². The zero-order valence-electron chi connectivity index (χ0n) is 24.3. The van der Waals surface area contributed by atoms with Crippen molar-refractivity contribution in [3.05, 3.63) is 59.7 Å². The van der Waals surface area contributed by atoms with Gasteiger partial charge in [0.15, 0.2) is 0 Å². The van der Waals surface area contributed by atoms with Crippen LogP contribution >= 0.6 is 0 Å². The zero-order chi connectivity index (χ0) is 28.8. The van der Waals surface area contributed by atoms with Crippen LogP contribution < -0.4 is 15.4 Å². The lowest BCUT2D eigenvalue weighted by Gasteiger charge is -2.32. The number of ether oxygens (including phenoxy) is 2. The van der Waals surface area contributed by atoms with E-state index in [0.29, 0.717) is 23.5 Å². The average molecular weight is 540 g/mol. The van der Waals surface area contributed by atoms with Crippen molar-refractivity contribution < 1.29 is 23.9 Å². The molecule has 2 rings (SSSR count).